The van der Waals surface area contributed by atoms with Crippen LogP contribution < -0.4 is 15.2 Å². The molecule has 144 valence electrons. The highest BCUT2D eigenvalue weighted by Crippen LogP contribution is 2.34. The minimum Gasteiger partial charge on any atom is -0.353 e. The van der Waals surface area contributed by atoms with Gasteiger partial charge in [-0.3, -0.25) is 18.9 Å². The molecule has 0 unspecified atom stereocenters. The van der Waals surface area contributed by atoms with Crippen molar-refractivity contribution >= 4 is 49.7 Å². The number of hydrogen-bond acceptors (Lipinski definition) is 5. The molecule has 0 saturated heterocycles. The highest BCUT2D eigenvalue weighted by molar-refractivity contribution is 7.92. The molecule has 0 bridgehead atoms. The fourth-order valence-corrected chi connectivity index (χ4v) is 3.21. The maximum Gasteiger partial charge on any atom is 0.277 e. The highest BCUT2D eigenvalue weighted by atomic mass is 35.5. The van der Waals surface area contributed by atoms with E-state index in [0.717, 1.165) is 22.7 Å². The number of benzene rings is 1. The van der Waals surface area contributed by atoms with Crippen molar-refractivity contribution in [2.75, 3.05) is 22.9 Å². The number of aryl methyl sites for hydroxylation is 1. The van der Waals surface area contributed by atoms with E-state index in [-0.39, 0.29) is 33.2 Å². The summed E-state index contributed by atoms with van der Waals surface area (Å²) in [6, 6.07) is 2.86. The van der Waals surface area contributed by atoms with Crippen molar-refractivity contribution in [3.8, 4) is 0 Å². The summed E-state index contributed by atoms with van der Waals surface area (Å²) in [5, 5.41) is 5.62. The number of anilines is 3. The first-order valence-electron chi connectivity index (χ1n) is 7.44. The van der Waals surface area contributed by atoms with Crippen LogP contribution in [0.4, 0.5) is 25.8 Å². The highest BCUT2D eigenvalue weighted by Gasteiger charge is 2.21. The third-order valence-corrected chi connectivity index (χ3v) is 5.31. The summed E-state index contributed by atoms with van der Waals surface area (Å²) in [6.07, 6.45) is 0.918. The summed E-state index contributed by atoms with van der Waals surface area (Å²) >= 11 is 5.96. The normalized spacial score (nSPS) is 11.8. The van der Waals surface area contributed by atoms with Crippen molar-refractivity contribution in [3.05, 3.63) is 45.3 Å². The van der Waals surface area contributed by atoms with Gasteiger partial charge in [0.05, 0.1) is 23.3 Å². The monoisotopic (exact) mass is 417 g/mol. The summed E-state index contributed by atoms with van der Waals surface area (Å²) in [6.45, 7) is 0. The zero-order valence-electron chi connectivity index (χ0n) is 14.3. The van der Waals surface area contributed by atoms with Crippen LogP contribution in [0.3, 0.4) is 0 Å². The molecule has 12 heteroatoms. The van der Waals surface area contributed by atoms with Crippen molar-refractivity contribution in [2.45, 2.75) is 0 Å². The van der Waals surface area contributed by atoms with E-state index >= 15 is 0 Å². The van der Waals surface area contributed by atoms with Gasteiger partial charge in [-0.1, -0.05) is 11.6 Å². The predicted octanol–water partition coefficient (Wildman–Crippen LogP) is 2.33. The molecule has 0 spiro atoms. The van der Waals surface area contributed by atoms with E-state index in [0.29, 0.717) is 0 Å². The van der Waals surface area contributed by atoms with Gasteiger partial charge in [0.25, 0.3) is 5.56 Å². The Morgan fingerprint density at radius 2 is 1.85 bits per heavy atom. The zero-order chi connectivity index (χ0) is 20.1. The van der Waals surface area contributed by atoms with Gasteiger partial charge in [-0.2, -0.15) is 0 Å². The number of nitrogens with one attached hydrogen (secondary N) is 2. The molecule has 27 heavy (non-hydrogen) atoms. The van der Waals surface area contributed by atoms with E-state index in [9.17, 15) is 22.0 Å². The standard InChI is InChI=1S/C15H14ClF2N5O3S/c1-22-15(24)13-10(6-12(16)20-14(13)21-22)19-9-4-7(17)8(18)5-11(9)23(2)27(3,25)26/h4-6H,1-3H3,(H2,19,20,21). The van der Waals surface area contributed by atoms with E-state index in [1.807, 2.05) is 0 Å². The zero-order valence-corrected chi connectivity index (χ0v) is 15.9. The van der Waals surface area contributed by atoms with Crippen LogP contribution in [0.1, 0.15) is 0 Å². The van der Waals surface area contributed by atoms with Crippen molar-refractivity contribution in [1.29, 1.82) is 0 Å². The van der Waals surface area contributed by atoms with Crippen LogP contribution in [0.15, 0.2) is 23.0 Å². The molecule has 0 fully saturated rings. The summed E-state index contributed by atoms with van der Waals surface area (Å²) in [7, 11) is -1.09. The maximum absolute atomic E-state index is 13.8. The molecule has 2 N–H and O–H groups in total. The third-order valence-electron chi connectivity index (χ3n) is 3.92. The quantitative estimate of drug-likeness (QED) is 0.635. The molecule has 3 aromatic rings. The Labute approximate surface area is 157 Å². The van der Waals surface area contributed by atoms with Gasteiger partial charge < -0.3 is 5.32 Å². The number of halogens is 3. The predicted molar refractivity (Wildman–Crippen MR) is 99.2 cm³/mol. The number of hydrogen-bond donors (Lipinski definition) is 2. The van der Waals surface area contributed by atoms with Crippen LogP contribution in [0.5, 0.6) is 0 Å². The summed E-state index contributed by atoms with van der Waals surface area (Å²) in [5.41, 5.74) is -0.324. The van der Waals surface area contributed by atoms with Crippen LogP contribution >= 0.6 is 11.6 Å². The van der Waals surface area contributed by atoms with Crippen LogP contribution in [0.2, 0.25) is 5.15 Å². The SMILES string of the molecule is CN(c1cc(F)c(F)cc1Nc1cc(Cl)nc2[nH]n(C)c(=O)c12)S(C)(=O)=O. The molecule has 0 saturated carbocycles. The van der Waals surface area contributed by atoms with Crippen LogP contribution in [0, 0.1) is 11.6 Å². The molecule has 8 nitrogen and oxygen atoms in total. The molecular weight excluding hydrogens is 404 g/mol. The molecule has 0 aliphatic rings. The Morgan fingerprint density at radius 1 is 1.22 bits per heavy atom. The van der Waals surface area contributed by atoms with Crippen molar-refractivity contribution in [2.24, 2.45) is 7.05 Å². The average Bonchev–Trinajstić information content (AvgIpc) is 2.83. The van der Waals surface area contributed by atoms with E-state index in [1.54, 1.807) is 0 Å². The van der Waals surface area contributed by atoms with Crippen LogP contribution in [-0.2, 0) is 17.1 Å². The number of aromatic amines is 1. The topological polar surface area (TPSA) is 100 Å². The van der Waals surface area contributed by atoms with Gasteiger partial charge in [-0.25, -0.2) is 22.2 Å². The minimum atomic E-state index is -3.76. The lowest BCUT2D eigenvalue weighted by molar-refractivity contribution is 0.509. The summed E-state index contributed by atoms with van der Waals surface area (Å²) in [5.74, 6) is -2.41. The van der Waals surface area contributed by atoms with E-state index in [2.05, 4.69) is 15.4 Å². The smallest absolute Gasteiger partial charge is 0.277 e. The van der Waals surface area contributed by atoms with Gasteiger partial charge in [-0.05, 0) is 6.07 Å². The van der Waals surface area contributed by atoms with Gasteiger partial charge in [0.15, 0.2) is 17.3 Å². The Hall–Kier alpha value is -2.66. The minimum absolute atomic E-state index is 0.0347. The number of sulfonamides is 1. The molecule has 2 heterocycles. The number of H-pyrrole nitrogens is 1. The molecule has 3 rings (SSSR count). The first-order valence-corrected chi connectivity index (χ1v) is 9.67. The van der Waals surface area contributed by atoms with Gasteiger partial charge in [0, 0.05) is 26.2 Å². The molecule has 0 aliphatic carbocycles. The number of nitrogens with zero attached hydrogens (tertiary/aromatic N) is 3. The van der Waals surface area contributed by atoms with Crippen molar-refractivity contribution in [1.82, 2.24) is 14.8 Å². The molecular formula is C15H14ClF2N5O3S. The Balaban J connectivity index is 2.24. The first kappa shape index (κ1) is 19.1. The van der Waals surface area contributed by atoms with Crippen molar-refractivity contribution < 1.29 is 17.2 Å². The summed E-state index contributed by atoms with van der Waals surface area (Å²) in [4.78, 5) is 16.3. The Kier molecular flexibility index (Phi) is 4.60. The van der Waals surface area contributed by atoms with E-state index < -0.39 is 27.2 Å². The van der Waals surface area contributed by atoms with E-state index in [4.69, 9.17) is 11.6 Å². The Bertz CT molecular complexity index is 1220. The second kappa shape index (κ2) is 6.50. The lowest BCUT2D eigenvalue weighted by Gasteiger charge is -2.21. The van der Waals surface area contributed by atoms with Crippen molar-refractivity contribution in [3.63, 3.8) is 0 Å². The maximum atomic E-state index is 13.8. The number of rotatable bonds is 4. The summed E-state index contributed by atoms with van der Waals surface area (Å²) < 4.78 is 53.2. The number of pyridine rings is 1. The molecule has 1 aromatic carbocycles. The van der Waals surface area contributed by atoms with Gasteiger partial charge in [-0.15, -0.1) is 0 Å². The van der Waals surface area contributed by atoms with E-state index in [1.165, 1.54) is 24.8 Å². The second-order valence-electron chi connectivity index (χ2n) is 5.83. The Morgan fingerprint density at radius 3 is 2.48 bits per heavy atom. The molecule has 0 aliphatic heterocycles. The number of fused-ring (bicyclic) bond motifs is 1. The molecule has 0 amide bonds. The molecule has 0 radical (unpaired) electrons. The fraction of sp³-hybridized carbons (Fsp3) is 0.200. The van der Waals surface area contributed by atoms with Crippen LogP contribution in [-0.4, -0.2) is 36.5 Å². The lowest BCUT2D eigenvalue weighted by atomic mass is 10.2. The lowest BCUT2D eigenvalue weighted by Crippen LogP contribution is -2.26. The molecule has 2 aromatic heterocycles. The largest absolute Gasteiger partial charge is 0.353 e. The average molecular weight is 418 g/mol. The third kappa shape index (κ3) is 3.47. The van der Waals surface area contributed by atoms with Gasteiger partial charge in [0.1, 0.15) is 10.5 Å². The van der Waals surface area contributed by atoms with Gasteiger partial charge >= 0.3 is 0 Å². The first-order chi connectivity index (χ1) is 12.5. The van der Waals surface area contributed by atoms with Crippen LogP contribution in [0.25, 0.3) is 11.0 Å². The van der Waals surface area contributed by atoms with Gasteiger partial charge in [0.2, 0.25) is 10.0 Å². The fourth-order valence-electron chi connectivity index (χ4n) is 2.51. The number of aromatic nitrogens is 3. The second-order valence-corrected chi connectivity index (χ2v) is 8.23. The molecule has 0 atom stereocenters.